The number of fused-ring (bicyclic) bond motifs is 1. The first-order valence-electron chi connectivity index (χ1n) is 8.81. The van der Waals surface area contributed by atoms with E-state index in [0.717, 1.165) is 17.9 Å². The summed E-state index contributed by atoms with van der Waals surface area (Å²) in [7, 11) is -3.29. The third kappa shape index (κ3) is 7.36. The second-order valence-corrected chi connectivity index (χ2v) is 7.39. The lowest BCUT2D eigenvalue weighted by atomic mass is 10.1. The summed E-state index contributed by atoms with van der Waals surface area (Å²) in [4.78, 5) is 16.2. The van der Waals surface area contributed by atoms with E-state index < -0.39 is 16.4 Å². The lowest BCUT2D eigenvalue weighted by Gasteiger charge is -2.07. The van der Waals surface area contributed by atoms with E-state index in [1.807, 2.05) is 18.2 Å². The number of hydrogen-bond acceptors (Lipinski definition) is 7. The van der Waals surface area contributed by atoms with E-state index in [9.17, 15) is 13.2 Å². The number of benzene rings is 3. The van der Waals surface area contributed by atoms with Crippen molar-refractivity contribution in [3.63, 3.8) is 0 Å². The normalized spacial score (nSPS) is 10.6. The fraction of sp³-hybridized carbons (Fsp3) is 0.0500. The van der Waals surface area contributed by atoms with Gasteiger partial charge in [-0.25, -0.2) is 9.79 Å². The number of esters is 1. The van der Waals surface area contributed by atoms with Crippen LogP contribution in [0, 0.1) is 5.41 Å². The average molecular weight is 459 g/mol. The highest BCUT2D eigenvalue weighted by atomic mass is 32.3. The van der Waals surface area contributed by atoms with Crippen LogP contribution in [0.3, 0.4) is 0 Å². The number of nitrogens with one attached hydrogen (secondary N) is 1. The molecule has 0 aromatic heterocycles. The summed E-state index contributed by atoms with van der Waals surface area (Å²) in [5.74, 6) is -0.108. The minimum Gasteiger partial charge on any atom is -0.423 e. The van der Waals surface area contributed by atoms with Crippen LogP contribution in [0.2, 0.25) is 0 Å². The van der Waals surface area contributed by atoms with Gasteiger partial charge in [-0.15, -0.1) is 0 Å². The molecule has 11 nitrogen and oxygen atoms in total. The maximum atomic E-state index is 12.3. The molecule has 12 heteroatoms. The van der Waals surface area contributed by atoms with Gasteiger partial charge in [-0.3, -0.25) is 14.1 Å². The van der Waals surface area contributed by atoms with Gasteiger partial charge in [0.15, 0.2) is 5.96 Å². The van der Waals surface area contributed by atoms with Crippen molar-refractivity contribution in [1.29, 1.82) is 5.41 Å². The molecule has 0 saturated carbocycles. The third-order valence-corrected chi connectivity index (χ3v) is 4.33. The summed E-state index contributed by atoms with van der Waals surface area (Å²) in [6, 6.07) is 17.1. The first-order chi connectivity index (χ1) is 15.0. The van der Waals surface area contributed by atoms with Gasteiger partial charge in [-0.05, 0) is 53.2 Å². The van der Waals surface area contributed by atoms with Crippen molar-refractivity contribution in [3.05, 3.63) is 71.8 Å². The standard InChI is InChI=1S/C19H17N5O2.CH4O4S/c20-17(21)14-2-1-13-10-16(8-5-12(13)9-14)26-18(25)11-3-6-15(7-4-11)24-19(22)23;1-5-6(2,3)4/h1-10H,(H3,20,21)(H4,22,23,24);1H3,(H,2,3,4). The number of guanidine groups is 1. The summed E-state index contributed by atoms with van der Waals surface area (Å²) in [5, 5.41) is 9.26. The maximum absolute atomic E-state index is 12.3. The van der Waals surface area contributed by atoms with Gasteiger partial charge in [0.25, 0.3) is 0 Å². The van der Waals surface area contributed by atoms with Gasteiger partial charge in [-0.1, -0.05) is 18.2 Å². The summed E-state index contributed by atoms with van der Waals surface area (Å²) in [6.45, 7) is 0. The molecule has 3 rings (SSSR count). The molecule has 3 aromatic carbocycles. The van der Waals surface area contributed by atoms with E-state index >= 15 is 0 Å². The summed E-state index contributed by atoms with van der Waals surface area (Å²) in [6.07, 6.45) is 0. The second-order valence-electron chi connectivity index (χ2n) is 6.20. The summed E-state index contributed by atoms with van der Waals surface area (Å²) >= 11 is 0. The van der Waals surface area contributed by atoms with Gasteiger partial charge in [-0.2, -0.15) is 8.42 Å². The number of nitrogen functional groups attached to an aromatic ring is 1. The van der Waals surface area contributed by atoms with Crippen molar-refractivity contribution < 1.29 is 26.7 Å². The number of aliphatic imine (C=N–C) groups is 1. The highest BCUT2D eigenvalue weighted by Gasteiger charge is 2.09. The number of rotatable bonds is 5. The number of nitrogens with zero attached hydrogens (tertiary/aromatic N) is 1. The van der Waals surface area contributed by atoms with Crippen LogP contribution in [0.5, 0.6) is 5.75 Å². The molecular formula is C20H21N5O6S. The lowest BCUT2D eigenvalue weighted by Crippen LogP contribution is -2.21. The molecule has 32 heavy (non-hydrogen) atoms. The molecule has 0 saturated heterocycles. The number of hydrogen-bond donors (Lipinski definition) is 5. The Labute approximate surface area is 183 Å². The van der Waals surface area contributed by atoms with Crippen molar-refractivity contribution in [2.45, 2.75) is 0 Å². The van der Waals surface area contributed by atoms with Crippen LogP contribution in [-0.2, 0) is 14.6 Å². The molecule has 8 N–H and O–H groups in total. The Morgan fingerprint density at radius 1 is 0.938 bits per heavy atom. The van der Waals surface area contributed by atoms with Crippen molar-refractivity contribution in [2.75, 3.05) is 7.11 Å². The van der Waals surface area contributed by atoms with Crippen LogP contribution in [-0.4, -0.2) is 37.8 Å². The van der Waals surface area contributed by atoms with E-state index in [1.54, 1.807) is 42.5 Å². The van der Waals surface area contributed by atoms with E-state index in [4.69, 9.17) is 31.9 Å². The zero-order chi connectivity index (χ0) is 23.9. The van der Waals surface area contributed by atoms with Gasteiger partial charge in [0.1, 0.15) is 11.6 Å². The zero-order valence-corrected chi connectivity index (χ0v) is 17.7. The monoisotopic (exact) mass is 459 g/mol. The van der Waals surface area contributed by atoms with Crippen molar-refractivity contribution >= 4 is 44.6 Å². The fourth-order valence-corrected chi connectivity index (χ4v) is 2.44. The van der Waals surface area contributed by atoms with Crippen molar-refractivity contribution in [1.82, 2.24) is 0 Å². The van der Waals surface area contributed by atoms with Crippen molar-refractivity contribution in [2.24, 2.45) is 22.2 Å². The Morgan fingerprint density at radius 2 is 1.47 bits per heavy atom. The van der Waals surface area contributed by atoms with Crippen LogP contribution >= 0.6 is 0 Å². The summed E-state index contributed by atoms with van der Waals surface area (Å²) in [5.41, 5.74) is 17.7. The highest BCUT2D eigenvalue weighted by molar-refractivity contribution is 7.80. The number of amidine groups is 1. The van der Waals surface area contributed by atoms with E-state index in [-0.39, 0.29) is 11.8 Å². The molecular weight excluding hydrogens is 438 g/mol. The first kappa shape index (κ1) is 24.3. The Hall–Kier alpha value is -4.00. The molecule has 0 fully saturated rings. The Bertz CT molecular complexity index is 1270. The highest BCUT2D eigenvalue weighted by Crippen LogP contribution is 2.23. The summed E-state index contributed by atoms with van der Waals surface area (Å²) < 4.78 is 35.1. The third-order valence-electron chi connectivity index (χ3n) is 3.91. The number of carbonyl (C=O) groups excluding carboxylic acids is 1. The molecule has 3 aromatic rings. The Balaban J connectivity index is 0.000000534. The largest absolute Gasteiger partial charge is 0.423 e. The topological polar surface area (TPSA) is 204 Å². The smallest absolute Gasteiger partial charge is 0.397 e. The Kier molecular flexibility index (Phi) is 7.85. The predicted octanol–water partition coefficient (Wildman–Crippen LogP) is 1.68. The van der Waals surface area contributed by atoms with Gasteiger partial charge in [0.05, 0.1) is 18.4 Å². The van der Waals surface area contributed by atoms with Crippen LogP contribution in [0.4, 0.5) is 5.69 Å². The van der Waals surface area contributed by atoms with Crippen LogP contribution in [0.1, 0.15) is 15.9 Å². The predicted molar refractivity (Wildman–Crippen MR) is 120 cm³/mol. The van der Waals surface area contributed by atoms with E-state index in [2.05, 4.69) is 9.18 Å². The van der Waals surface area contributed by atoms with E-state index in [0.29, 0.717) is 22.6 Å². The number of carbonyl (C=O) groups is 1. The molecule has 0 radical (unpaired) electrons. The number of nitrogens with two attached hydrogens (primary N) is 3. The maximum Gasteiger partial charge on any atom is 0.397 e. The van der Waals surface area contributed by atoms with Gasteiger partial charge in [0.2, 0.25) is 0 Å². The minimum atomic E-state index is -4.16. The van der Waals surface area contributed by atoms with Crippen LogP contribution in [0.25, 0.3) is 10.8 Å². The second kappa shape index (κ2) is 10.3. The molecule has 0 atom stereocenters. The SMILES string of the molecule is COS(=O)(=O)O.N=C(N)c1ccc2cc(OC(=O)c3ccc(N=C(N)N)cc3)ccc2c1. The molecule has 0 aliphatic carbocycles. The molecule has 0 aliphatic heterocycles. The first-order valence-corrected chi connectivity index (χ1v) is 10.2. The van der Waals surface area contributed by atoms with E-state index in [1.165, 1.54) is 0 Å². The number of ether oxygens (including phenoxy) is 1. The van der Waals surface area contributed by atoms with Gasteiger partial charge in [0, 0.05) is 5.56 Å². The molecule has 0 bridgehead atoms. The minimum absolute atomic E-state index is 0.00609. The lowest BCUT2D eigenvalue weighted by molar-refractivity contribution is 0.0735. The molecule has 0 unspecified atom stereocenters. The van der Waals surface area contributed by atoms with Crippen LogP contribution in [0.15, 0.2) is 65.7 Å². The van der Waals surface area contributed by atoms with Gasteiger partial charge < -0.3 is 21.9 Å². The van der Waals surface area contributed by atoms with Crippen molar-refractivity contribution in [3.8, 4) is 5.75 Å². The average Bonchev–Trinajstić information content (AvgIpc) is 2.73. The zero-order valence-electron chi connectivity index (χ0n) is 16.8. The Morgan fingerprint density at radius 3 is 2.00 bits per heavy atom. The molecule has 0 spiro atoms. The molecule has 0 aliphatic rings. The molecule has 0 heterocycles. The fourth-order valence-electron chi connectivity index (χ4n) is 2.44. The molecule has 168 valence electrons. The molecule has 0 amide bonds. The van der Waals surface area contributed by atoms with Crippen LogP contribution < -0.4 is 21.9 Å². The quantitative estimate of drug-likeness (QED) is 0.123. The van der Waals surface area contributed by atoms with Gasteiger partial charge >= 0.3 is 16.4 Å².